The molecule has 4 rings (SSSR count). The second-order valence-corrected chi connectivity index (χ2v) is 16.7. The van der Waals surface area contributed by atoms with Crippen LogP contribution in [0.25, 0.3) is 0 Å². The Morgan fingerprint density at radius 2 is 0.904 bits per heavy atom. The van der Waals surface area contributed by atoms with Crippen LogP contribution >= 0.6 is 0 Å². The lowest BCUT2D eigenvalue weighted by molar-refractivity contribution is -0.143. The third-order valence-electron chi connectivity index (χ3n) is 8.00. The minimum absolute atomic E-state index is 0.00241. The average molecular weight is 779 g/mol. The predicted molar refractivity (Wildman–Crippen MR) is 183 cm³/mol. The second-order valence-electron chi connectivity index (χ2n) is 13.3. The lowest BCUT2D eigenvalue weighted by Crippen LogP contribution is -2.15. The van der Waals surface area contributed by atoms with Gasteiger partial charge < -0.3 is 4.55 Å². The Labute approximate surface area is 301 Å². The zero-order chi connectivity index (χ0) is 39.7. The maximum atomic E-state index is 13.4. The first-order valence-electron chi connectivity index (χ1n) is 16.0. The number of aryl methyl sites for hydroxylation is 2. The molecule has 1 unspecified atom stereocenters. The molecule has 1 atom stereocenters. The first kappa shape index (κ1) is 42.9. The highest BCUT2D eigenvalue weighted by Crippen LogP contribution is 2.42. The van der Waals surface area contributed by atoms with E-state index >= 15 is 0 Å². The highest BCUT2D eigenvalue weighted by molar-refractivity contribution is 7.97. The molecular weight excluding hydrogens is 740 g/mol. The molecule has 4 aromatic rings. The molecule has 4 aromatic carbocycles. The molecule has 52 heavy (non-hydrogen) atoms. The van der Waals surface area contributed by atoms with E-state index in [-0.39, 0.29) is 43.0 Å². The van der Waals surface area contributed by atoms with Crippen molar-refractivity contribution in [3.63, 3.8) is 0 Å². The first-order chi connectivity index (χ1) is 23.6. The van der Waals surface area contributed by atoms with Crippen LogP contribution in [-0.2, 0) is 39.5 Å². The fourth-order valence-electron chi connectivity index (χ4n) is 5.33. The number of hydrogen-bond acceptors (Lipinski definition) is 3. The molecule has 14 heteroatoms. The quantitative estimate of drug-likeness (QED) is 0.107. The van der Waals surface area contributed by atoms with Gasteiger partial charge >= 0.3 is 18.5 Å². The highest BCUT2D eigenvalue weighted by atomic mass is 32.2. The van der Waals surface area contributed by atoms with Crippen molar-refractivity contribution in [2.45, 2.75) is 111 Å². The minimum Gasteiger partial charge on any atom is -0.744 e. The molecule has 0 aliphatic heterocycles. The highest BCUT2D eigenvalue weighted by Gasteiger charge is 2.41. The molecule has 0 radical (unpaired) electrons. The Morgan fingerprint density at radius 1 is 0.519 bits per heavy atom. The number of hydrogen-bond donors (Lipinski definition) is 0. The van der Waals surface area contributed by atoms with E-state index in [1.54, 1.807) is 19.1 Å². The molecule has 0 aliphatic rings. The van der Waals surface area contributed by atoms with Crippen LogP contribution in [0.1, 0.15) is 104 Å². The maximum Gasteiger partial charge on any atom is 0.416 e. The molecule has 284 valence electrons. The monoisotopic (exact) mass is 778 g/mol. The Balaban J connectivity index is 0.000000326. The largest absolute Gasteiger partial charge is 0.744 e. The molecule has 3 nitrogen and oxygen atoms in total. The Kier molecular flexibility index (Phi) is 13.1. The van der Waals surface area contributed by atoms with E-state index in [9.17, 15) is 52.5 Å². The smallest absolute Gasteiger partial charge is 0.416 e. The summed E-state index contributed by atoms with van der Waals surface area (Å²) in [6, 6.07) is 14.0. The van der Waals surface area contributed by atoms with Crippen LogP contribution in [-0.4, -0.2) is 13.0 Å². The molecule has 0 saturated carbocycles. The first-order valence-corrected chi connectivity index (χ1v) is 18.7. The van der Waals surface area contributed by atoms with Gasteiger partial charge in [-0.05, 0) is 84.2 Å². The van der Waals surface area contributed by atoms with Gasteiger partial charge in [-0.1, -0.05) is 71.4 Å². The summed E-state index contributed by atoms with van der Waals surface area (Å²) in [4.78, 5) is -0.160. The number of benzene rings is 4. The molecule has 0 heterocycles. The predicted octanol–water partition coefficient (Wildman–Crippen LogP) is 12.4. The summed E-state index contributed by atoms with van der Waals surface area (Å²) in [5.41, 5.74) is -0.781. The normalized spacial score (nSPS) is 13.4. The topological polar surface area (TPSA) is 57.2 Å². The third kappa shape index (κ3) is 10.8. The van der Waals surface area contributed by atoms with Crippen LogP contribution in [0.3, 0.4) is 0 Å². The SMILES string of the molecule is CC(C)c1cc(C(C)C)c(S(=O)(=O)[O-])c(C(C)C)c1.Cc1ccc([S+](c2cc(C)cc(C(F)(F)F)c2)c2cc(C(F)(F)F)cc(C(F)(F)F)c2)cc1. The van der Waals surface area contributed by atoms with Crippen molar-refractivity contribution < 1.29 is 52.5 Å². The van der Waals surface area contributed by atoms with E-state index in [0.717, 1.165) is 23.3 Å². The summed E-state index contributed by atoms with van der Waals surface area (Å²) in [5, 5.41) is 0. The van der Waals surface area contributed by atoms with Crippen LogP contribution in [0.4, 0.5) is 39.5 Å². The van der Waals surface area contributed by atoms with E-state index in [1.807, 2.05) is 39.8 Å². The van der Waals surface area contributed by atoms with Crippen molar-refractivity contribution in [1.29, 1.82) is 0 Å². The van der Waals surface area contributed by atoms with E-state index < -0.39 is 56.2 Å². The van der Waals surface area contributed by atoms with Crippen LogP contribution < -0.4 is 0 Å². The van der Waals surface area contributed by atoms with Gasteiger partial charge in [0.05, 0.1) is 32.5 Å². The summed E-state index contributed by atoms with van der Waals surface area (Å²) in [5.74, 6) is 0.322. The van der Waals surface area contributed by atoms with Crippen molar-refractivity contribution in [3.8, 4) is 0 Å². The summed E-state index contributed by atoms with van der Waals surface area (Å²) in [7, 11) is -6.12. The summed E-state index contributed by atoms with van der Waals surface area (Å²) in [6.07, 6.45) is -14.9. The molecule has 0 N–H and O–H groups in total. The lowest BCUT2D eigenvalue weighted by atomic mass is 9.89. The lowest BCUT2D eigenvalue weighted by Gasteiger charge is -2.24. The van der Waals surface area contributed by atoms with Gasteiger partial charge in [-0.25, -0.2) is 8.42 Å². The van der Waals surface area contributed by atoms with Crippen LogP contribution in [0.5, 0.6) is 0 Å². The second kappa shape index (κ2) is 15.9. The molecule has 0 spiro atoms. The van der Waals surface area contributed by atoms with Crippen LogP contribution in [0.15, 0.2) is 92.4 Å². The zero-order valence-corrected chi connectivity index (χ0v) is 31.2. The number of alkyl halides is 9. The Hall–Kier alpha value is -3.49. The van der Waals surface area contributed by atoms with Gasteiger partial charge in [-0.15, -0.1) is 0 Å². The van der Waals surface area contributed by atoms with Gasteiger partial charge in [-0.2, -0.15) is 39.5 Å². The van der Waals surface area contributed by atoms with E-state index in [4.69, 9.17) is 0 Å². The van der Waals surface area contributed by atoms with Crippen molar-refractivity contribution in [2.75, 3.05) is 0 Å². The molecule has 0 aromatic heterocycles. The molecular formula is C38H39F9O3S2. The summed E-state index contributed by atoms with van der Waals surface area (Å²) >= 11 is 0. The molecule has 0 saturated heterocycles. The van der Waals surface area contributed by atoms with Crippen LogP contribution in [0, 0.1) is 13.8 Å². The van der Waals surface area contributed by atoms with Gasteiger partial charge in [0.1, 0.15) is 10.1 Å². The minimum atomic E-state index is -5.08. The Morgan fingerprint density at radius 3 is 1.25 bits per heavy atom. The van der Waals surface area contributed by atoms with Gasteiger partial charge in [0.2, 0.25) is 0 Å². The molecule has 0 bridgehead atoms. The fraction of sp³-hybridized carbons (Fsp3) is 0.368. The van der Waals surface area contributed by atoms with Crippen molar-refractivity contribution in [3.05, 3.63) is 117 Å². The standard InChI is InChI=1S/C23H16F9S.C15H24O3S/c1-13-3-5-18(6-4-13)33(19-8-14(2)7-15(10-19)21(24,25)26)20-11-16(22(27,28)29)9-17(12-20)23(30,31)32;1-9(2)12-7-13(10(3)4)15(19(16,17)18)14(8-12)11(5)6/h3-12H,1-2H3;7-11H,1-6H3,(H,16,17,18)/q+1;/p-1. The van der Waals surface area contributed by atoms with E-state index in [1.165, 1.54) is 25.1 Å². The van der Waals surface area contributed by atoms with Gasteiger partial charge in [0.25, 0.3) is 0 Å². The van der Waals surface area contributed by atoms with Crippen molar-refractivity contribution in [1.82, 2.24) is 0 Å². The third-order valence-corrected chi connectivity index (χ3v) is 11.1. The maximum absolute atomic E-state index is 13.4. The van der Waals surface area contributed by atoms with E-state index in [2.05, 4.69) is 13.8 Å². The fourth-order valence-corrected chi connectivity index (χ4v) is 8.76. The summed E-state index contributed by atoms with van der Waals surface area (Å²) < 4.78 is 156. The molecule has 0 amide bonds. The number of rotatable bonds is 7. The van der Waals surface area contributed by atoms with Gasteiger partial charge in [-0.3, -0.25) is 0 Å². The molecule has 0 fully saturated rings. The zero-order valence-electron chi connectivity index (χ0n) is 29.6. The van der Waals surface area contributed by atoms with Crippen molar-refractivity contribution >= 4 is 21.0 Å². The summed E-state index contributed by atoms with van der Waals surface area (Å²) in [6.45, 7) is 14.9. The number of halogens is 9. The van der Waals surface area contributed by atoms with E-state index in [0.29, 0.717) is 29.2 Å². The average Bonchev–Trinajstić information content (AvgIpc) is 2.99. The van der Waals surface area contributed by atoms with Gasteiger partial charge in [0, 0.05) is 18.2 Å². The van der Waals surface area contributed by atoms with Gasteiger partial charge in [0.15, 0.2) is 14.7 Å². The van der Waals surface area contributed by atoms with Crippen molar-refractivity contribution in [2.24, 2.45) is 0 Å². The van der Waals surface area contributed by atoms with Crippen LogP contribution in [0.2, 0.25) is 0 Å². The molecule has 0 aliphatic carbocycles. The Bertz CT molecular complexity index is 1920.